The molecule has 1 atom stereocenters. The van der Waals surface area contributed by atoms with Gasteiger partial charge in [-0.3, -0.25) is 0 Å². The number of amides is 2. The molecular formula is C14H18N2O4. The second kappa shape index (κ2) is 7.96. The lowest BCUT2D eigenvalue weighted by atomic mass is 10.2. The summed E-state index contributed by atoms with van der Waals surface area (Å²) in [6.07, 6.45) is 2.50. The Labute approximate surface area is 117 Å². The minimum atomic E-state index is -1.02. The van der Waals surface area contributed by atoms with Crippen LogP contribution in [0.3, 0.4) is 0 Å². The fourth-order valence-corrected chi connectivity index (χ4v) is 1.57. The molecule has 0 aromatic heterocycles. The molecule has 0 bridgehead atoms. The van der Waals surface area contributed by atoms with Crippen molar-refractivity contribution in [1.82, 2.24) is 5.32 Å². The molecule has 2 amide bonds. The molecule has 0 aliphatic heterocycles. The van der Waals surface area contributed by atoms with Gasteiger partial charge in [0, 0.05) is 18.9 Å². The van der Waals surface area contributed by atoms with Crippen LogP contribution in [0.4, 0.5) is 10.5 Å². The number of carboxylic acids is 1. The zero-order valence-corrected chi connectivity index (χ0v) is 11.4. The molecule has 0 saturated heterocycles. The summed E-state index contributed by atoms with van der Waals surface area (Å²) in [5, 5.41) is 13.9. The Hall–Kier alpha value is -2.34. The van der Waals surface area contributed by atoms with E-state index in [9.17, 15) is 9.59 Å². The highest BCUT2D eigenvalue weighted by Gasteiger charge is 2.06. The number of hydrogen-bond donors (Lipinski definition) is 3. The van der Waals surface area contributed by atoms with Gasteiger partial charge in [0.1, 0.15) is 0 Å². The monoisotopic (exact) mass is 278 g/mol. The van der Waals surface area contributed by atoms with Crippen molar-refractivity contribution in [2.45, 2.75) is 13.0 Å². The molecule has 0 aliphatic carbocycles. The van der Waals surface area contributed by atoms with Crippen molar-refractivity contribution in [2.24, 2.45) is 0 Å². The van der Waals surface area contributed by atoms with E-state index in [0.717, 1.165) is 6.08 Å². The highest BCUT2D eigenvalue weighted by molar-refractivity contribution is 5.90. The number of hydrogen-bond acceptors (Lipinski definition) is 3. The fraction of sp³-hybridized carbons (Fsp3) is 0.286. The lowest BCUT2D eigenvalue weighted by Crippen LogP contribution is -2.38. The lowest BCUT2D eigenvalue weighted by Gasteiger charge is -2.13. The van der Waals surface area contributed by atoms with E-state index in [4.69, 9.17) is 9.84 Å². The van der Waals surface area contributed by atoms with Crippen LogP contribution in [0, 0.1) is 0 Å². The Balaban J connectivity index is 2.61. The Morgan fingerprint density at radius 1 is 1.45 bits per heavy atom. The van der Waals surface area contributed by atoms with Gasteiger partial charge in [-0.2, -0.15) is 0 Å². The molecule has 1 aromatic carbocycles. The molecule has 0 aliphatic rings. The number of nitrogens with one attached hydrogen (secondary N) is 2. The first-order valence-corrected chi connectivity index (χ1v) is 6.09. The fourth-order valence-electron chi connectivity index (χ4n) is 1.57. The number of anilines is 1. The van der Waals surface area contributed by atoms with Crippen molar-refractivity contribution in [2.75, 3.05) is 19.0 Å². The summed E-state index contributed by atoms with van der Waals surface area (Å²) in [5.41, 5.74) is 1.27. The van der Waals surface area contributed by atoms with Gasteiger partial charge in [-0.15, -0.1) is 0 Å². The van der Waals surface area contributed by atoms with Gasteiger partial charge < -0.3 is 20.5 Å². The summed E-state index contributed by atoms with van der Waals surface area (Å²) in [7, 11) is 1.56. The maximum atomic E-state index is 11.7. The van der Waals surface area contributed by atoms with Gasteiger partial charge >= 0.3 is 12.0 Å². The van der Waals surface area contributed by atoms with Gasteiger partial charge in [0.2, 0.25) is 0 Å². The van der Waals surface area contributed by atoms with Gasteiger partial charge in [0.15, 0.2) is 0 Å². The van der Waals surface area contributed by atoms with Crippen LogP contribution in [-0.2, 0) is 9.53 Å². The molecule has 0 fully saturated rings. The quantitative estimate of drug-likeness (QED) is 0.694. The van der Waals surface area contributed by atoms with Crippen molar-refractivity contribution in [3.8, 4) is 0 Å². The van der Waals surface area contributed by atoms with E-state index in [1.165, 1.54) is 6.08 Å². The van der Waals surface area contributed by atoms with Crippen molar-refractivity contribution in [1.29, 1.82) is 0 Å². The van der Waals surface area contributed by atoms with Crippen LogP contribution in [0.15, 0.2) is 30.3 Å². The average molecular weight is 278 g/mol. The number of methoxy groups -OCH3 is 1. The van der Waals surface area contributed by atoms with Crippen LogP contribution in [0.5, 0.6) is 0 Å². The summed E-state index contributed by atoms with van der Waals surface area (Å²) < 4.78 is 4.92. The highest BCUT2D eigenvalue weighted by atomic mass is 16.5. The van der Waals surface area contributed by atoms with E-state index in [-0.39, 0.29) is 12.1 Å². The van der Waals surface area contributed by atoms with Gasteiger partial charge in [-0.1, -0.05) is 12.1 Å². The molecule has 1 unspecified atom stereocenters. The van der Waals surface area contributed by atoms with Gasteiger partial charge in [-0.25, -0.2) is 9.59 Å². The predicted octanol–water partition coefficient (Wildman–Crippen LogP) is 1.94. The van der Waals surface area contributed by atoms with Gasteiger partial charge in [0.25, 0.3) is 0 Å². The van der Waals surface area contributed by atoms with E-state index in [1.807, 2.05) is 6.92 Å². The third-order valence-electron chi connectivity index (χ3n) is 2.36. The smallest absolute Gasteiger partial charge is 0.328 e. The summed E-state index contributed by atoms with van der Waals surface area (Å²) in [5.74, 6) is -1.02. The van der Waals surface area contributed by atoms with Crippen molar-refractivity contribution >= 4 is 23.8 Å². The molecule has 0 saturated carbocycles. The van der Waals surface area contributed by atoms with E-state index >= 15 is 0 Å². The van der Waals surface area contributed by atoms with E-state index in [0.29, 0.717) is 17.9 Å². The molecule has 0 radical (unpaired) electrons. The summed E-state index contributed by atoms with van der Waals surface area (Å²) in [4.78, 5) is 22.1. The van der Waals surface area contributed by atoms with Crippen molar-refractivity contribution in [3.63, 3.8) is 0 Å². The third-order valence-corrected chi connectivity index (χ3v) is 2.36. The average Bonchev–Trinajstić information content (AvgIpc) is 2.36. The minimum Gasteiger partial charge on any atom is -0.478 e. The number of carbonyl (C=O) groups is 2. The van der Waals surface area contributed by atoms with Crippen LogP contribution in [0.1, 0.15) is 12.5 Å². The van der Waals surface area contributed by atoms with Crippen molar-refractivity contribution in [3.05, 3.63) is 35.9 Å². The maximum absolute atomic E-state index is 11.7. The number of rotatable bonds is 6. The van der Waals surface area contributed by atoms with Crippen LogP contribution >= 0.6 is 0 Å². The third kappa shape index (κ3) is 6.01. The van der Waals surface area contributed by atoms with Crippen LogP contribution in [0.25, 0.3) is 6.08 Å². The van der Waals surface area contributed by atoms with E-state index in [1.54, 1.807) is 31.4 Å². The second-order valence-corrected chi connectivity index (χ2v) is 4.25. The first-order chi connectivity index (χ1) is 9.51. The number of ether oxygens (including phenoxy) is 1. The van der Waals surface area contributed by atoms with Crippen LogP contribution < -0.4 is 10.6 Å². The summed E-state index contributed by atoms with van der Waals surface area (Å²) in [6, 6.07) is 6.44. The predicted molar refractivity (Wildman–Crippen MR) is 76.6 cm³/mol. The lowest BCUT2D eigenvalue weighted by molar-refractivity contribution is -0.131. The Kier molecular flexibility index (Phi) is 6.25. The van der Waals surface area contributed by atoms with Crippen LogP contribution in [-0.4, -0.2) is 36.9 Å². The maximum Gasteiger partial charge on any atom is 0.328 e. The molecule has 6 heteroatoms. The SMILES string of the molecule is COCC(C)NC(=O)Nc1cccc(/C=C/C(=O)O)c1. The second-order valence-electron chi connectivity index (χ2n) is 4.25. The molecule has 1 rings (SSSR count). The molecule has 20 heavy (non-hydrogen) atoms. The highest BCUT2D eigenvalue weighted by Crippen LogP contribution is 2.11. The molecular weight excluding hydrogens is 260 g/mol. The normalized spacial score (nSPS) is 12.1. The van der Waals surface area contributed by atoms with Gasteiger partial charge in [-0.05, 0) is 30.7 Å². The van der Waals surface area contributed by atoms with Crippen LogP contribution in [0.2, 0.25) is 0 Å². The number of carbonyl (C=O) groups excluding carboxylic acids is 1. The van der Waals surface area contributed by atoms with Gasteiger partial charge in [0.05, 0.1) is 12.6 Å². The Bertz CT molecular complexity index is 500. The first kappa shape index (κ1) is 15.7. The topological polar surface area (TPSA) is 87.7 Å². The molecule has 1 aromatic rings. The molecule has 108 valence electrons. The summed E-state index contributed by atoms with van der Waals surface area (Å²) >= 11 is 0. The molecule has 0 heterocycles. The standard InChI is InChI=1S/C14H18N2O4/c1-10(9-20-2)15-14(19)16-12-5-3-4-11(8-12)6-7-13(17)18/h3-8,10H,9H2,1-2H3,(H,17,18)(H2,15,16,19)/b7-6+. The number of carboxylic acid groups (broad SMARTS) is 1. The number of benzene rings is 1. The number of urea groups is 1. The van der Waals surface area contributed by atoms with Crippen molar-refractivity contribution < 1.29 is 19.4 Å². The Morgan fingerprint density at radius 3 is 2.85 bits per heavy atom. The summed E-state index contributed by atoms with van der Waals surface area (Å²) in [6.45, 7) is 2.25. The number of aliphatic carboxylic acids is 1. The minimum absolute atomic E-state index is 0.102. The first-order valence-electron chi connectivity index (χ1n) is 6.09. The van der Waals surface area contributed by atoms with E-state index < -0.39 is 5.97 Å². The molecule has 3 N–H and O–H groups in total. The zero-order chi connectivity index (χ0) is 15.0. The molecule has 0 spiro atoms. The van der Waals surface area contributed by atoms with E-state index in [2.05, 4.69) is 10.6 Å². The molecule has 6 nitrogen and oxygen atoms in total. The zero-order valence-electron chi connectivity index (χ0n) is 11.4. The largest absolute Gasteiger partial charge is 0.478 e. The Morgan fingerprint density at radius 2 is 2.20 bits per heavy atom.